The minimum absolute atomic E-state index is 0.316. The van der Waals surface area contributed by atoms with E-state index in [1.807, 2.05) is 0 Å². The standard InChI is InChI=1S/C13H14N4S/c1-7(2)5-8-3-4-9-10-6-15-13(14)17-12(10)18-11(9)16-8/h3-4,6-7H,5H2,1-2H3,(H2,14,15,17). The van der Waals surface area contributed by atoms with Gasteiger partial charge in [-0.25, -0.2) is 15.0 Å². The van der Waals surface area contributed by atoms with Crippen LogP contribution in [0, 0.1) is 5.92 Å². The summed E-state index contributed by atoms with van der Waals surface area (Å²) in [7, 11) is 0. The average molecular weight is 258 g/mol. The number of anilines is 1. The van der Waals surface area contributed by atoms with Gasteiger partial charge in [0.25, 0.3) is 0 Å². The van der Waals surface area contributed by atoms with E-state index in [2.05, 4.69) is 35.9 Å². The molecule has 0 aromatic carbocycles. The molecule has 18 heavy (non-hydrogen) atoms. The summed E-state index contributed by atoms with van der Waals surface area (Å²) < 4.78 is 0. The van der Waals surface area contributed by atoms with E-state index in [1.165, 1.54) is 0 Å². The molecule has 0 saturated heterocycles. The van der Waals surface area contributed by atoms with Crippen LogP contribution in [0.15, 0.2) is 18.3 Å². The summed E-state index contributed by atoms with van der Waals surface area (Å²) in [6.45, 7) is 4.39. The van der Waals surface area contributed by atoms with E-state index in [1.54, 1.807) is 17.5 Å². The van der Waals surface area contributed by atoms with Crippen molar-refractivity contribution < 1.29 is 0 Å². The van der Waals surface area contributed by atoms with Gasteiger partial charge in [0, 0.05) is 22.7 Å². The summed E-state index contributed by atoms with van der Waals surface area (Å²) in [6, 6.07) is 4.20. The first-order valence-electron chi connectivity index (χ1n) is 5.94. The lowest BCUT2D eigenvalue weighted by Crippen LogP contribution is -1.96. The molecule has 0 aliphatic rings. The van der Waals surface area contributed by atoms with Crippen molar-refractivity contribution in [2.45, 2.75) is 20.3 Å². The Kier molecular flexibility index (Phi) is 2.63. The fraction of sp³-hybridized carbons (Fsp3) is 0.308. The molecular weight excluding hydrogens is 244 g/mol. The number of rotatable bonds is 2. The Labute approximate surface area is 109 Å². The van der Waals surface area contributed by atoms with Crippen molar-refractivity contribution in [1.29, 1.82) is 0 Å². The zero-order valence-corrected chi connectivity index (χ0v) is 11.2. The molecule has 0 fully saturated rings. The molecule has 4 nitrogen and oxygen atoms in total. The maximum absolute atomic E-state index is 5.61. The lowest BCUT2D eigenvalue weighted by molar-refractivity contribution is 0.637. The highest BCUT2D eigenvalue weighted by Gasteiger charge is 2.09. The van der Waals surface area contributed by atoms with Gasteiger partial charge in [0.15, 0.2) is 0 Å². The first-order valence-corrected chi connectivity index (χ1v) is 6.76. The van der Waals surface area contributed by atoms with Crippen molar-refractivity contribution in [2.75, 3.05) is 5.73 Å². The second kappa shape index (κ2) is 4.17. The molecule has 3 rings (SSSR count). The number of nitrogens with zero attached hydrogens (tertiary/aromatic N) is 3. The lowest BCUT2D eigenvalue weighted by atomic mass is 10.1. The molecule has 0 aliphatic heterocycles. The van der Waals surface area contributed by atoms with Gasteiger partial charge in [0.1, 0.15) is 9.66 Å². The number of pyridine rings is 1. The van der Waals surface area contributed by atoms with E-state index >= 15 is 0 Å². The first-order chi connectivity index (χ1) is 8.63. The van der Waals surface area contributed by atoms with Crippen LogP contribution in [-0.4, -0.2) is 15.0 Å². The van der Waals surface area contributed by atoms with Crippen LogP contribution in [0.3, 0.4) is 0 Å². The summed E-state index contributed by atoms with van der Waals surface area (Å²) in [5.74, 6) is 0.927. The van der Waals surface area contributed by atoms with Gasteiger partial charge < -0.3 is 5.73 Å². The number of aromatic nitrogens is 3. The first kappa shape index (κ1) is 11.3. The number of hydrogen-bond acceptors (Lipinski definition) is 5. The molecule has 0 amide bonds. The van der Waals surface area contributed by atoms with Gasteiger partial charge in [0.2, 0.25) is 5.95 Å². The van der Waals surface area contributed by atoms with Gasteiger partial charge in [-0.3, -0.25) is 0 Å². The minimum atomic E-state index is 0.316. The Balaban J connectivity index is 2.20. The van der Waals surface area contributed by atoms with Gasteiger partial charge in [0.05, 0.1) is 0 Å². The fourth-order valence-corrected chi connectivity index (χ4v) is 3.07. The number of thiophene rings is 1. The zero-order chi connectivity index (χ0) is 12.7. The molecule has 0 aliphatic carbocycles. The molecule has 92 valence electrons. The van der Waals surface area contributed by atoms with Crippen LogP contribution in [0.1, 0.15) is 19.5 Å². The number of hydrogen-bond donors (Lipinski definition) is 1. The lowest BCUT2D eigenvalue weighted by Gasteiger charge is -2.03. The highest BCUT2D eigenvalue weighted by atomic mass is 32.1. The van der Waals surface area contributed by atoms with Crippen LogP contribution < -0.4 is 5.73 Å². The van der Waals surface area contributed by atoms with Gasteiger partial charge in [-0.1, -0.05) is 25.2 Å². The Bertz CT molecular complexity index is 717. The number of fused-ring (bicyclic) bond motifs is 3. The van der Waals surface area contributed by atoms with Crippen molar-refractivity contribution in [3.8, 4) is 0 Å². The quantitative estimate of drug-likeness (QED) is 0.767. The van der Waals surface area contributed by atoms with Crippen LogP contribution >= 0.6 is 11.3 Å². The van der Waals surface area contributed by atoms with E-state index in [4.69, 9.17) is 10.7 Å². The van der Waals surface area contributed by atoms with Gasteiger partial charge in [-0.05, 0) is 24.5 Å². The summed E-state index contributed by atoms with van der Waals surface area (Å²) in [4.78, 5) is 14.9. The van der Waals surface area contributed by atoms with Crippen LogP contribution in [0.5, 0.6) is 0 Å². The van der Waals surface area contributed by atoms with E-state index in [9.17, 15) is 0 Å². The summed E-state index contributed by atoms with van der Waals surface area (Å²) in [5, 5.41) is 2.15. The van der Waals surface area contributed by atoms with Gasteiger partial charge in [-0.15, -0.1) is 0 Å². The zero-order valence-electron chi connectivity index (χ0n) is 10.3. The van der Waals surface area contributed by atoms with Crippen molar-refractivity contribution in [2.24, 2.45) is 5.92 Å². The molecule has 2 N–H and O–H groups in total. The van der Waals surface area contributed by atoms with Crippen LogP contribution in [0.4, 0.5) is 5.95 Å². The monoisotopic (exact) mass is 258 g/mol. The Morgan fingerprint density at radius 1 is 1.17 bits per heavy atom. The third kappa shape index (κ3) is 1.90. The molecular formula is C13H14N4S. The molecule has 0 spiro atoms. The van der Waals surface area contributed by atoms with Gasteiger partial charge in [-0.2, -0.15) is 0 Å². The van der Waals surface area contributed by atoms with Crippen molar-refractivity contribution in [1.82, 2.24) is 15.0 Å². The van der Waals surface area contributed by atoms with E-state index in [0.29, 0.717) is 11.9 Å². The normalized spacial score (nSPS) is 11.7. The Morgan fingerprint density at radius 2 is 1.94 bits per heavy atom. The van der Waals surface area contributed by atoms with Crippen molar-refractivity contribution in [3.05, 3.63) is 24.0 Å². The topological polar surface area (TPSA) is 64.7 Å². The predicted octanol–water partition coefficient (Wildman–Crippen LogP) is 3.02. The smallest absolute Gasteiger partial charge is 0.221 e. The second-order valence-corrected chi connectivity index (χ2v) is 5.78. The summed E-state index contributed by atoms with van der Waals surface area (Å²) >= 11 is 1.57. The molecule has 3 aromatic rings. The molecule has 3 aromatic heterocycles. The SMILES string of the molecule is CC(C)Cc1ccc2c(n1)sc1nc(N)ncc12. The average Bonchev–Trinajstić information content (AvgIpc) is 2.64. The second-order valence-electron chi connectivity index (χ2n) is 4.80. The maximum atomic E-state index is 5.61. The van der Waals surface area contributed by atoms with Gasteiger partial charge >= 0.3 is 0 Å². The molecule has 0 atom stereocenters. The highest BCUT2D eigenvalue weighted by Crippen LogP contribution is 2.31. The Hall–Kier alpha value is -1.75. The third-order valence-corrected chi connectivity index (χ3v) is 3.80. The number of nitrogens with two attached hydrogens (primary N) is 1. The number of nitrogen functional groups attached to an aromatic ring is 1. The van der Waals surface area contributed by atoms with Crippen LogP contribution in [0.25, 0.3) is 20.4 Å². The van der Waals surface area contributed by atoms with Crippen LogP contribution in [0.2, 0.25) is 0 Å². The molecule has 0 bridgehead atoms. The van der Waals surface area contributed by atoms with Crippen molar-refractivity contribution >= 4 is 37.7 Å². The van der Waals surface area contributed by atoms with E-state index < -0.39 is 0 Å². The Morgan fingerprint density at radius 3 is 2.72 bits per heavy atom. The largest absolute Gasteiger partial charge is 0.368 e. The fourth-order valence-electron chi connectivity index (χ4n) is 2.03. The molecule has 0 radical (unpaired) electrons. The highest BCUT2D eigenvalue weighted by molar-refractivity contribution is 7.25. The predicted molar refractivity (Wildman–Crippen MR) is 75.7 cm³/mol. The molecule has 5 heteroatoms. The van der Waals surface area contributed by atoms with Crippen LogP contribution in [-0.2, 0) is 6.42 Å². The summed E-state index contributed by atoms with van der Waals surface area (Å²) in [6.07, 6.45) is 2.78. The molecule has 3 heterocycles. The molecule has 0 saturated carbocycles. The third-order valence-electron chi connectivity index (χ3n) is 2.79. The van der Waals surface area contributed by atoms with E-state index in [-0.39, 0.29) is 0 Å². The summed E-state index contributed by atoms with van der Waals surface area (Å²) in [5.41, 5.74) is 6.74. The van der Waals surface area contributed by atoms with Crippen molar-refractivity contribution in [3.63, 3.8) is 0 Å². The van der Waals surface area contributed by atoms with E-state index in [0.717, 1.165) is 32.5 Å². The molecule has 0 unspecified atom stereocenters. The minimum Gasteiger partial charge on any atom is -0.368 e. The maximum Gasteiger partial charge on any atom is 0.221 e.